The first-order valence-corrected chi connectivity index (χ1v) is 23.2. The van der Waals surface area contributed by atoms with Crippen molar-refractivity contribution in [3.63, 3.8) is 0 Å². The third-order valence-electron chi connectivity index (χ3n) is 12.7. The number of hydrogen-bond donors (Lipinski definition) is 0. The molecule has 62 heavy (non-hydrogen) atoms. The Bertz CT molecular complexity index is 3500. The van der Waals surface area contributed by atoms with E-state index < -0.39 is 5.41 Å². The van der Waals surface area contributed by atoms with Gasteiger partial charge in [-0.3, -0.25) is 14.3 Å². The summed E-state index contributed by atoms with van der Waals surface area (Å²) >= 11 is 5.28. The summed E-state index contributed by atoms with van der Waals surface area (Å²) in [6.07, 6.45) is 0. The van der Waals surface area contributed by atoms with Gasteiger partial charge >= 0.3 is 0 Å². The zero-order valence-electron chi connectivity index (χ0n) is 33.2. The number of pyridine rings is 1. The van der Waals surface area contributed by atoms with Gasteiger partial charge in [-0.25, -0.2) is 0 Å². The Balaban J connectivity index is 1.16. The molecule has 0 atom stereocenters. The van der Waals surface area contributed by atoms with Crippen LogP contribution in [0.1, 0.15) is 22.3 Å². The van der Waals surface area contributed by atoms with Crippen LogP contribution in [0.4, 0.5) is 15.7 Å². The fraction of sp³-hybridized carbons (Fsp3) is 0.0179. The van der Waals surface area contributed by atoms with Crippen LogP contribution in [0, 0.1) is 0 Å². The Hall–Kier alpha value is -7.09. The lowest BCUT2D eigenvalue weighted by Crippen LogP contribution is -2.41. The molecule has 6 heteroatoms. The van der Waals surface area contributed by atoms with Gasteiger partial charge in [-0.15, -0.1) is 34.0 Å². The second kappa shape index (κ2) is 13.7. The fourth-order valence-electron chi connectivity index (χ4n) is 9.97. The zero-order chi connectivity index (χ0) is 40.9. The molecule has 0 saturated carbocycles. The molecule has 0 fully saturated rings. The molecule has 7 aromatic carbocycles. The van der Waals surface area contributed by atoms with E-state index in [1.54, 1.807) is 11.3 Å². The van der Waals surface area contributed by atoms with Gasteiger partial charge in [0.05, 0.1) is 16.6 Å². The Labute approximate surface area is 370 Å². The maximum Gasteiger partial charge on any atom is 0.273 e. The zero-order valence-corrected chi connectivity index (χ0v) is 35.6. The van der Waals surface area contributed by atoms with Gasteiger partial charge in [-0.1, -0.05) is 170 Å². The van der Waals surface area contributed by atoms with Gasteiger partial charge in [-0.2, -0.15) is 0 Å². The summed E-state index contributed by atoms with van der Waals surface area (Å²) in [5.74, 6) is 0. The summed E-state index contributed by atoms with van der Waals surface area (Å²) in [6.45, 7) is 0. The second-order valence-corrected chi connectivity index (χ2v) is 19.1. The van der Waals surface area contributed by atoms with E-state index in [4.69, 9.17) is 0 Å². The van der Waals surface area contributed by atoms with E-state index in [9.17, 15) is 0 Å². The SMILES string of the molecule is O=c1c2sc(-c3ccccc3)cc2c2cccc3c2n1-c1ccccc1C31c2cc(-c3ccccc3)sc2N(c2ccc(-c3ccccc3)cc2)c2sc(-c3ccccc3)cc21. The highest BCUT2D eigenvalue weighted by Crippen LogP contribution is 2.66. The van der Waals surface area contributed by atoms with E-state index in [2.05, 4.69) is 205 Å². The predicted octanol–water partition coefficient (Wildman–Crippen LogP) is 15.5. The molecule has 1 spiro atoms. The lowest BCUT2D eigenvalue weighted by molar-refractivity contribution is 0.718. The maximum absolute atomic E-state index is 15.2. The molecule has 0 amide bonds. The van der Waals surface area contributed by atoms with Crippen LogP contribution in [-0.2, 0) is 5.41 Å². The van der Waals surface area contributed by atoms with E-state index in [0.29, 0.717) is 0 Å². The minimum atomic E-state index is -0.757. The molecule has 292 valence electrons. The van der Waals surface area contributed by atoms with Crippen LogP contribution in [0.25, 0.3) is 69.1 Å². The highest BCUT2D eigenvalue weighted by Gasteiger charge is 2.53. The molecule has 2 aliphatic rings. The van der Waals surface area contributed by atoms with E-state index >= 15 is 4.79 Å². The van der Waals surface area contributed by atoms with Crippen LogP contribution >= 0.6 is 34.0 Å². The Morgan fingerprint density at radius 1 is 0.387 bits per heavy atom. The first-order valence-electron chi connectivity index (χ1n) is 20.8. The van der Waals surface area contributed by atoms with Crippen molar-refractivity contribution in [2.24, 2.45) is 0 Å². The van der Waals surface area contributed by atoms with E-state index in [1.807, 2.05) is 33.3 Å². The first-order chi connectivity index (χ1) is 30.7. The lowest BCUT2D eigenvalue weighted by atomic mass is 9.62. The average molecular weight is 847 g/mol. The summed E-state index contributed by atoms with van der Waals surface area (Å²) in [4.78, 5) is 21.3. The van der Waals surface area contributed by atoms with Crippen LogP contribution in [0.5, 0.6) is 0 Å². The predicted molar refractivity (Wildman–Crippen MR) is 263 cm³/mol. The molecule has 2 aliphatic heterocycles. The topological polar surface area (TPSA) is 25.2 Å². The van der Waals surface area contributed by atoms with Gasteiger partial charge in [0.25, 0.3) is 5.56 Å². The van der Waals surface area contributed by atoms with Crippen LogP contribution < -0.4 is 10.5 Å². The third-order valence-corrected chi connectivity index (χ3v) is 16.2. The molecule has 0 saturated heterocycles. The number of nitrogens with zero attached hydrogens (tertiary/aromatic N) is 2. The van der Waals surface area contributed by atoms with Crippen molar-refractivity contribution in [3.8, 4) is 48.1 Å². The van der Waals surface area contributed by atoms with Gasteiger partial charge in [0.2, 0.25) is 0 Å². The minimum Gasteiger partial charge on any atom is -0.292 e. The van der Waals surface area contributed by atoms with Crippen LogP contribution in [0.3, 0.4) is 0 Å². The third kappa shape index (κ3) is 5.06. The molecule has 0 bridgehead atoms. The largest absolute Gasteiger partial charge is 0.292 e. The van der Waals surface area contributed by atoms with Gasteiger partial charge in [0.15, 0.2) is 0 Å². The number of hydrogen-bond acceptors (Lipinski definition) is 5. The van der Waals surface area contributed by atoms with Gasteiger partial charge < -0.3 is 0 Å². The maximum atomic E-state index is 15.2. The molecule has 0 unspecified atom stereocenters. The van der Waals surface area contributed by atoms with Crippen molar-refractivity contribution in [3.05, 3.63) is 239 Å². The minimum absolute atomic E-state index is 0.0245. The van der Waals surface area contributed by atoms with E-state index in [0.717, 1.165) is 53.9 Å². The lowest BCUT2D eigenvalue weighted by Gasteiger charge is -2.46. The molecule has 6 heterocycles. The number of para-hydroxylation sites is 2. The number of anilines is 3. The summed E-state index contributed by atoms with van der Waals surface area (Å²) in [6, 6.07) is 74.2. The molecule has 4 aromatic heterocycles. The van der Waals surface area contributed by atoms with E-state index in [-0.39, 0.29) is 5.56 Å². The van der Waals surface area contributed by atoms with Crippen LogP contribution in [0.15, 0.2) is 211 Å². The van der Waals surface area contributed by atoms with Gasteiger partial charge in [-0.05, 0) is 75.3 Å². The summed E-state index contributed by atoms with van der Waals surface area (Å²) in [5.41, 5.74) is 12.8. The van der Waals surface area contributed by atoms with Crippen molar-refractivity contribution in [1.82, 2.24) is 4.57 Å². The number of aromatic nitrogens is 1. The van der Waals surface area contributed by atoms with Gasteiger partial charge in [0, 0.05) is 42.2 Å². The number of rotatable bonds is 5. The van der Waals surface area contributed by atoms with Crippen molar-refractivity contribution >= 4 is 70.7 Å². The Morgan fingerprint density at radius 2 is 0.871 bits per heavy atom. The Kier molecular flexibility index (Phi) is 7.88. The molecule has 0 N–H and O–H groups in total. The molecule has 13 rings (SSSR count). The molecule has 0 radical (unpaired) electrons. The summed E-state index contributed by atoms with van der Waals surface area (Å²) < 4.78 is 2.81. The van der Waals surface area contributed by atoms with Crippen molar-refractivity contribution in [2.75, 3.05) is 4.90 Å². The summed E-state index contributed by atoms with van der Waals surface area (Å²) in [5, 5.41) is 4.44. The first kappa shape index (κ1) is 35.6. The Morgan fingerprint density at radius 3 is 1.45 bits per heavy atom. The standard InChI is InChI=1S/C56H34N2OS3/c59-53-52-42(32-48(60-52)37-18-7-2-8-19-37)41-24-15-26-44-51(41)58(53)47-27-14-13-25-43(47)56(44)45-33-49(38-20-9-3-10-21-38)61-54(45)57(40-30-28-36(29-31-40)35-16-5-1-6-17-35)55-46(56)34-50(62-55)39-22-11-4-12-23-39/h1-34H. The van der Waals surface area contributed by atoms with E-state index in [1.165, 1.54) is 53.1 Å². The molecule has 11 aromatic rings. The molecular formula is C56H34N2OS3. The van der Waals surface area contributed by atoms with Crippen molar-refractivity contribution < 1.29 is 0 Å². The fourth-order valence-corrected chi connectivity index (χ4v) is 13.6. The monoisotopic (exact) mass is 846 g/mol. The normalized spacial score (nSPS) is 13.3. The average Bonchev–Trinajstić information content (AvgIpc) is 4.12. The smallest absolute Gasteiger partial charge is 0.273 e. The highest BCUT2D eigenvalue weighted by molar-refractivity contribution is 7.22. The number of benzene rings is 7. The van der Waals surface area contributed by atoms with Gasteiger partial charge in [0.1, 0.15) is 14.7 Å². The number of thiophene rings is 3. The summed E-state index contributed by atoms with van der Waals surface area (Å²) in [7, 11) is 0. The van der Waals surface area contributed by atoms with Crippen molar-refractivity contribution in [1.29, 1.82) is 0 Å². The van der Waals surface area contributed by atoms with Crippen LogP contribution in [-0.4, -0.2) is 4.57 Å². The van der Waals surface area contributed by atoms with Crippen molar-refractivity contribution in [2.45, 2.75) is 5.41 Å². The number of fused-ring (bicyclic) bond motifs is 10. The molecule has 3 nitrogen and oxygen atoms in total. The molecular weight excluding hydrogens is 813 g/mol. The molecule has 0 aliphatic carbocycles. The quantitative estimate of drug-likeness (QED) is 0.172. The van der Waals surface area contributed by atoms with Crippen LogP contribution in [0.2, 0.25) is 0 Å². The highest BCUT2D eigenvalue weighted by atomic mass is 32.1. The second-order valence-electron chi connectivity index (χ2n) is 16.0.